The maximum atomic E-state index is 13.5. The van der Waals surface area contributed by atoms with Crippen LogP contribution in [-0.2, 0) is 10.3 Å². The maximum absolute atomic E-state index is 13.5. The number of aliphatic imine (C=N–C) groups is 1. The number of ether oxygens (including phenoxy) is 1. The number of rotatable bonds is 1. The van der Waals surface area contributed by atoms with Crippen LogP contribution in [0.2, 0.25) is 5.02 Å². The van der Waals surface area contributed by atoms with E-state index in [1.165, 1.54) is 12.1 Å². The van der Waals surface area contributed by atoms with Gasteiger partial charge in [0.15, 0.2) is 0 Å². The summed E-state index contributed by atoms with van der Waals surface area (Å²) < 4.78 is 18.3. The van der Waals surface area contributed by atoms with Crippen LogP contribution in [0.4, 0.5) is 4.39 Å². The third-order valence-corrected chi connectivity index (χ3v) is 2.45. The maximum Gasteiger partial charge on any atom is 0.274 e. The van der Waals surface area contributed by atoms with Gasteiger partial charge in [-0.25, -0.2) is 9.38 Å². The second-order valence-electron chi connectivity index (χ2n) is 3.39. The Hall–Kier alpha value is -1.09. The Morgan fingerprint density at radius 2 is 2.43 bits per heavy atom. The Bertz CT molecular complexity index is 394. The van der Waals surface area contributed by atoms with Crippen molar-refractivity contribution in [1.82, 2.24) is 0 Å². The fourth-order valence-electron chi connectivity index (χ4n) is 1.39. The lowest BCUT2D eigenvalue weighted by Crippen LogP contribution is -2.22. The fraction of sp³-hybridized carbons (Fsp3) is 0.300. The monoisotopic (exact) mass is 212 g/mol. The van der Waals surface area contributed by atoms with Gasteiger partial charge >= 0.3 is 0 Å². The lowest BCUT2D eigenvalue weighted by molar-refractivity contribution is 0.272. The molecule has 0 saturated heterocycles. The molecule has 2 rings (SSSR count). The van der Waals surface area contributed by atoms with Crippen molar-refractivity contribution < 1.29 is 9.13 Å². The molecule has 0 aromatic heterocycles. The Kier molecular flexibility index (Phi) is 2.19. The molecule has 2 nitrogen and oxygen atoms in total. The van der Waals surface area contributed by atoms with Crippen LogP contribution < -0.4 is 0 Å². The second-order valence-corrected chi connectivity index (χ2v) is 3.83. The summed E-state index contributed by atoms with van der Waals surface area (Å²) in [5.74, 6) is -0.326. The molecule has 1 aliphatic rings. The van der Waals surface area contributed by atoms with Gasteiger partial charge in [-0.05, 0) is 25.1 Å². The normalized spacial score (nSPS) is 25.1. The molecule has 4 heteroatoms. The Balaban J connectivity index is 2.49. The van der Waals surface area contributed by atoms with E-state index in [0.717, 1.165) is 0 Å². The Labute approximate surface area is 86.4 Å². The average Bonchev–Trinajstić information content (AvgIpc) is 2.58. The summed E-state index contributed by atoms with van der Waals surface area (Å²) >= 11 is 5.79. The molecule has 0 amide bonds. The van der Waals surface area contributed by atoms with Gasteiger partial charge in [0.1, 0.15) is 18.0 Å². The van der Waals surface area contributed by atoms with E-state index in [9.17, 15) is 4.39 Å². The molecule has 0 aliphatic carbocycles. The molecular weight excluding hydrogens is 205 g/mol. The first-order valence-electron chi connectivity index (χ1n) is 4.16. The zero-order valence-electron chi connectivity index (χ0n) is 7.55. The first-order valence-corrected chi connectivity index (χ1v) is 4.54. The summed E-state index contributed by atoms with van der Waals surface area (Å²) in [5, 5.41) is 0.490. The van der Waals surface area contributed by atoms with Gasteiger partial charge in [-0.3, -0.25) is 0 Å². The predicted molar refractivity (Wildman–Crippen MR) is 52.1 cm³/mol. The average molecular weight is 213 g/mol. The molecule has 1 unspecified atom stereocenters. The number of halogens is 2. The van der Waals surface area contributed by atoms with Crippen molar-refractivity contribution in [3.8, 4) is 0 Å². The highest BCUT2D eigenvalue weighted by Crippen LogP contribution is 2.32. The van der Waals surface area contributed by atoms with E-state index < -0.39 is 5.54 Å². The Morgan fingerprint density at radius 1 is 1.64 bits per heavy atom. The minimum atomic E-state index is -0.699. The van der Waals surface area contributed by atoms with E-state index in [0.29, 0.717) is 17.2 Å². The summed E-state index contributed by atoms with van der Waals surface area (Å²) in [6.07, 6.45) is 2.37. The molecule has 0 fully saturated rings. The number of nitrogens with zero attached hydrogens (tertiary/aromatic N) is 1. The van der Waals surface area contributed by atoms with Crippen LogP contribution in [0.1, 0.15) is 12.5 Å². The molecular formula is C10H8ClFNO. The van der Waals surface area contributed by atoms with Crippen LogP contribution in [0, 0.1) is 5.82 Å². The van der Waals surface area contributed by atoms with E-state index in [-0.39, 0.29) is 5.82 Å². The van der Waals surface area contributed by atoms with E-state index in [1.54, 1.807) is 13.0 Å². The van der Waals surface area contributed by atoms with Crippen molar-refractivity contribution in [3.05, 3.63) is 34.6 Å². The van der Waals surface area contributed by atoms with Gasteiger partial charge in [0, 0.05) is 10.6 Å². The quantitative estimate of drug-likeness (QED) is 0.701. The smallest absolute Gasteiger partial charge is 0.274 e. The summed E-state index contributed by atoms with van der Waals surface area (Å²) in [4.78, 5) is 3.97. The van der Waals surface area contributed by atoms with Gasteiger partial charge in [0.25, 0.3) is 6.40 Å². The third-order valence-electron chi connectivity index (χ3n) is 2.22. The summed E-state index contributed by atoms with van der Waals surface area (Å²) in [6, 6.07) is 4.40. The van der Waals surface area contributed by atoms with Crippen LogP contribution in [-0.4, -0.2) is 13.0 Å². The second kappa shape index (κ2) is 3.24. The Morgan fingerprint density at radius 3 is 3.07 bits per heavy atom. The molecule has 14 heavy (non-hydrogen) atoms. The zero-order chi connectivity index (χ0) is 10.2. The van der Waals surface area contributed by atoms with E-state index >= 15 is 0 Å². The summed E-state index contributed by atoms with van der Waals surface area (Å²) in [5.41, 5.74) is -0.260. The number of hydrogen-bond donors (Lipinski definition) is 0. The highest BCUT2D eigenvalue weighted by atomic mass is 35.5. The van der Waals surface area contributed by atoms with Crippen molar-refractivity contribution in [1.29, 1.82) is 0 Å². The van der Waals surface area contributed by atoms with Crippen molar-refractivity contribution >= 4 is 18.0 Å². The first kappa shape index (κ1) is 9.46. The fourth-order valence-corrected chi connectivity index (χ4v) is 1.56. The molecule has 0 saturated carbocycles. The van der Waals surface area contributed by atoms with Crippen molar-refractivity contribution in [2.45, 2.75) is 12.5 Å². The van der Waals surface area contributed by atoms with Gasteiger partial charge < -0.3 is 4.74 Å². The molecule has 0 bridgehead atoms. The number of benzene rings is 1. The lowest BCUT2D eigenvalue weighted by Gasteiger charge is -2.19. The summed E-state index contributed by atoms with van der Waals surface area (Å²) in [7, 11) is 0. The molecule has 1 aliphatic heterocycles. The molecule has 0 N–H and O–H groups in total. The molecule has 73 valence electrons. The van der Waals surface area contributed by atoms with Crippen LogP contribution in [0.3, 0.4) is 0 Å². The highest BCUT2D eigenvalue weighted by molar-refractivity contribution is 6.30. The topological polar surface area (TPSA) is 21.6 Å². The predicted octanol–water partition coefficient (Wildman–Crippen LogP) is 2.63. The van der Waals surface area contributed by atoms with Gasteiger partial charge in [0.05, 0.1) is 0 Å². The lowest BCUT2D eigenvalue weighted by atomic mass is 9.94. The van der Waals surface area contributed by atoms with E-state index in [2.05, 4.69) is 11.4 Å². The van der Waals surface area contributed by atoms with Crippen LogP contribution >= 0.6 is 11.6 Å². The van der Waals surface area contributed by atoms with Gasteiger partial charge in [-0.2, -0.15) is 0 Å². The van der Waals surface area contributed by atoms with Crippen molar-refractivity contribution in [2.24, 2.45) is 4.99 Å². The minimum absolute atomic E-state index is 0.296. The zero-order valence-corrected chi connectivity index (χ0v) is 8.31. The van der Waals surface area contributed by atoms with Crippen molar-refractivity contribution in [2.75, 3.05) is 6.61 Å². The van der Waals surface area contributed by atoms with Crippen molar-refractivity contribution in [3.63, 3.8) is 0 Å². The van der Waals surface area contributed by atoms with E-state index in [1.807, 2.05) is 0 Å². The highest BCUT2D eigenvalue weighted by Gasteiger charge is 2.33. The molecule has 1 aromatic carbocycles. The van der Waals surface area contributed by atoms with Gasteiger partial charge in [-0.15, -0.1) is 0 Å². The first-order chi connectivity index (χ1) is 6.62. The van der Waals surface area contributed by atoms with Crippen LogP contribution in [0.15, 0.2) is 23.2 Å². The third kappa shape index (κ3) is 1.48. The molecule has 1 atom stereocenters. The summed E-state index contributed by atoms with van der Waals surface area (Å²) in [6.45, 7) is 2.08. The standard InChI is InChI=1S/C10H8ClFNO/c1-10(5-14-6-13-10)8-4-7(11)2-3-9(8)12/h2-4H,5H2,1H3. The van der Waals surface area contributed by atoms with Crippen LogP contribution in [0.25, 0.3) is 0 Å². The van der Waals surface area contributed by atoms with Gasteiger partial charge in [0.2, 0.25) is 0 Å². The largest absolute Gasteiger partial charge is 0.471 e. The SMILES string of the molecule is CC1(c2cc(Cl)ccc2F)CO[C]=N1. The molecule has 1 heterocycles. The van der Waals surface area contributed by atoms with Crippen LogP contribution in [0.5, 0.6) is 0 Å². The molecule has 0 spiro atoms. The minimum Gasteiger partial charge on any atom is -0.471 e. The number of hydrogen-bond acceptors (Lipinski definition) is 2. The van der Waals surface area contributed by atoms with E-state index in [4.69, 9.17) is 16.3 Å². The molecule has 1 radical (unpaired) electrons. The molecule has 1 aromatic rings. The van der Waals surface area contributed by atoms with Gasteiger partial charge in [-0.1, -0.05) is 11.6 Å².